The number of hydrogen-bond donors (Lipinski definition) is 1. The quantitative estimate of drug-likeness (QED) is 0.280. The zero-order valence-corrected chi connectivity index (χ0v) is 28.6. The van der Waals surface area contributed by atoms with Crippen molar-refractivity contribution in [2.75, 3.05) is 7.11 Å². The van der Waals surface area contributed by atoms with Gasteiger partial charge in [-0.2, -0.15) is 0 Å². The van der Waals surface area contributed by atoms with Gasteiger partial charge in [0.1, 0.15) is 17.5 Å². The van der Waals surface area contributed by atoms with E-state index in [4.69, 9.17) is 13.6 Å². The number of carbonyl (C=O) groups excluding carboxylic acids is 1. The maximum absolute atomic E-state index is 14.4. The number of likely N-dealkylation sites (tertiary alicyclic amines) is 1. The minimum Gasteiger partial charge on any atom is -0.497 e. The van der Waals surface area contributed by atoms with Crippen molar-refractivity contribution < 1.29 is 23.5 Å². The van der Waals surface area contributed by atoms with Gasteiger partial charge in [-0.15, -0.1) is 0 Å². The fourth-order valence-corrected chi connectivity index (χ4v) is 10.6. The van der Waals surface area contributed by atoms with Crippen LogP contribution in [0.25, 0.3) is 0 Å². The summed E-state index contributed by atoms with van der Waals surface area (Å²) >= 11 is 0. The Balaban J connectivity index is 1.89. The SMILES string of the molecule is CC[Si](CC)(CC)OC1C(O[Si](C)(C)C(C)(C)C)[C@@H]2CC(N(Cc3ccc(OC)cc3)C2=O)C1(O)c1ccccc1. The van der Waals surface area contributed by atoms with E-state index in [1.807, 2.05) is 59.5 Å². The Morgan fingerprint density at radius 3 is 2.05 bits per heavy atom. The van der Waals surface area contributed by atoms with Gasteiger partial charge in [0.15, 0.2) is 16.6 Å². The Bertz CT molecular complexity index is 1170. The summed E-state index contributed by atoms with van der Waals surface area (Å²) in [4.78, 5) is 16.3. The van der Waals surface area contributed by atoms with Crippen molar-refractivity contribution in [3.8, 4) is 5.75 Å². The van der Waals surface area contributed by atoms with Crippen molar-refractivity contribution in [3.63, 3.8) is 0 Å². The molecule has 6 nitrogen and oxygen atoms in total. The molecule has 4 rings (SSSR count). The van der Waals surface area contributed by atoms with Gasteiger partial charge in [0.2, 0.25) is 5.91 Å². The first kappa shape index (κ1) is 31.9. The Hall–Kier alpha value is -1.98. The predicted molar refractivity (Wildman–Crippen MR) is 170 cm³/mol. The Kier molecular flexibility index (Phi) is 9.32. The molecule has 2 aromatic rings. The minimum atomic E-state index is -2.34. The molecule has 2 fully saturated rings. The summed E-state index contributed by atoms with van der Waals surface area (Å²) < 4.78 is 19.9. The average molecular weight is 598 g/mol. The fourth-order valence-electron chi connectivity index (χ4n) is 6.44. The van der Waals surface area contributed by atoms with Gasteiger partial charge in [0, 0.05) is 6.54 Å². The van der Waals surface area contributed by atoms with E-state index in [1.54, 1.807) is 7.11 Å². The normalized spacial score (nSPS) is 26.9. The molecule has 2 aromatic carbocycles. The number of aliphatic hydroxyl groups is 1. The molecule has 2 aliphatic rings. The van der Waals surface area contributed by atoms with Gasteiger partial charge in [-0.1, -0.05) is 84.0 Å². The third kappa shape index (κ3) is 5.83. The van der Waals surface area contributed by atoms with Crippen LogP contribution < -0.4 is 4.74 Å². The molecular formula is C33H51NO5Si2. The lowest BCUT2D eigenvalue weighted by molar-refractivity contribution is -0.170. The molecule has 8 heteroatoms. The monoisotopic (exact) mass is 597 g/mol. The van der Waals surface area contributed by atoms with Crippen LogP contribution in [0, 0.1) is 5.92 Å². The molecule has 1 saturated carbocycles. The predicted octanol–water partition coefficient (Wildman–Crippen LogP) is 7.09. The summed E-state index contributed by atoms with van der Waals surface area (Å²) in [5, 5.41) is 13.1. The number of methoxy groups -OCH3 is 1. The summed E-state index contributed by atoms with van der Waals surface area (Å²) in [6, 6.07) is 20.1. The highest BCUT2D eigenvalue weighted by atomic mass is 28.4. The number of nitrogens with zero attached hydrogens (tertiary/aromatic N) is 1. The molecule has 226 valence electrons. The first-order valence-electron chi connectivity index (χ1n) is 15.3. The number of carbonyl (C=O) groups is 1. The zero-order valence-electron chi connectivity index (χ0n) is 26.6. The van der Waals surface area contributed by atoms with Crippen LogP contribution in [-0.4, -0.2) is 57.9 Å². The van der Waals surface area contributed by atoms with Crippen molar-refractivity contribution in [2.45, 2.75) is 115 Å². The van der Waals surface area contributed by atoms with Gasteiger partial charge in [-0.25, -0.2) is 0 Å². The van der Waals surface area contributed by atoms with E-state index in [2.05, 4.69) is 54.6 Å². The lowest BCUT2D eigenvalue weighted by Gasteiger charge is -2.53. The van der Waals surface area contributed by atoms with Crippen LogP contribution in [0.3, 0.4) is 0 Å². The number of hydrogen-bond acceptors (Lipinski definition) is 5. The number of fused-ring (bicyclic) bond motifs is 2. The molecule has 0 aromatic heterocycles. The van der Waals surface area contributed by atoms with Crippen LogP contribution in [0.1, 0.15) is 59.1 Å². The number of rotatable bonds is 11. The highest BCUT2D eigenvalue weighted by Gasteiger charge is 2.66. The summed E-state index contributed by atoms with van der Waals surface area (Å²) in [6.45, 7) is 18.2. The summed E-state index contributed by atoms with van der Waals surface area (Å²) in [7, 11) is -2.91. The van der Waals surface area contributed by atoms with Crippen molar-refractivity contribution in [1.82, 2.24) is 4.90 Å². The Labute approximate surface area is 249 Å². The van der Waals surface area contributed by atoms with Crippen molar-refractivity contribution >= 4 is 22.5 Å². The molecular weight excluding hydrogens is 547 g/mol. The fraction of sp³-hybridized carbons (Fsp3) is 0.606. The van der Waals surface area contributed by atoms with Crippen LogP contribution in [0.2, 0.25) is 36.3 Å². The van der Waals surface area contributed by atoms with Crippen LogP contribution >= 0.6 is 0 Å². The van der Waals surface area contributed by atoms with Gasteiger partial charge in [-0.3, -0.25) is 4.79 Å². The van der Waals surface area contributed by atoms with Crippen LogP contribution in [-0.2, 0) is 25.8 Å². The van der Waals surface area contributed by atoms with E-state index in [0.717, 1.165) is 35.0 Å². The molecule has 1 aliphatic carbocycles. The largest absolute Gasteiger partial charge is 0.497 e. The van der Waals surface area contributed by atoms with Crippen LogP contribution in [0.15, 0.2) is 54.6 Å². The molecule has 1 aliphatic heterocycles. The van der Waals surface area contributed by atoms with Crippen molar-refractivity contribution in [1.29, 1.82) is 0 Å². The van der Waals surface area contributed by atoms with E-state index >= 15 is 0 Å². The highest BCUT2D eigenvalue weighted by Crippen LogP contribution is 2.53. The smallest absolute Gasteiger partial charge is 0.229 e. The highest BCUT2D eigenvalue weighted by molar-refractivity contribution is 6.74. The Morgan fingerprint density at radius 1 is 0.951 bits per heavy atom. The minimum absolute atomic E-state index is 0.0479. The second kappa shape index (κ2) is 12.0. The van der Waals surface area contributed by atoms with Gasteiger partial charge in [-0.05, 0) is 65.9 Å². The molecule has 1 amide bonds. The van der Waals surface area contributed by atoms with Gasteiger partial charge in [0.05, 0.1) is 25.2 Å². The van der Waals surface area contributed by atoms with Gasteiger partial charge < -0.3 is 23.6 Å². The molecule has 1 N–H and O–H groups in total. The lowest BCUT2D eigenvalue weighted by atomic mass is 9.70. The first-order valence-corrected chi connectivity index (χ1v) is 20.8. The number of ether oxygens (including phenoxy) is 1. The van der Waals surface area contributed by atoms with E-state index in [-0.39, 0.29) is 16.9 Å². The first-order chi connectivity index (χ1) is 19.3. The average Bonchev–Trinajstić information content (AvgIpc) is 3.26. The van der Waals surface area contributed by atoms with E-state index in [9.17, 15) is 9.90 Å². The molecule has 0 radical (unpaired) electrons. The van der Waals surface area contributed by atoms with Gasteiger partial charge >= 0.3 is 0 Å². The van der Waals surface area contributed by atoms with Crippen molar-refractivity contribution in [3.05, 3.63) is 65.7 Å². The maximum atomic E-state index is 14.4. The van der Waals surface area contributed by atoms with Crippen molar-refractivity contribution in [2.24, 2.45) is 5.92 Å². The maximum Gasteiger partial charge on any atom is 0.229 e. The van der Waals surface area contributed by atoms with E-state index < -0.39 is 40.5 Å². The lowest BCUT2D eigenvalue weighted by Crippen LogP contribution is -2.66. The number of amides is 1. The van der Waals surface area contributed by atoms with Gasteiger partial charge in [0.25, 0.3) is 0 Å². The molecule has 4 unspecified atom stereocenters. The second-order valence-electron chi connectivity index (χ2n) is 13.5. The summed E-state index contributed by atoms with van der Waals surface area (Å²) in [5.74, 6) is 0.461. The molecule has 0 spiro atoms. The zero-order chi connectivity index (χ0) is 30.2. The van der Waals surface area contributed by atoms with E-state index in [0.29, 0.717) is 13.0 Å². The standard InChI is InChI=1S/C33H51NO5Si2/c1-10-41(11-2,12-3)39-30-29(38-40(8,9)32(4,5)6)27-22-28(33(30,36)25-16-14-13-15-17-25)34(31(27)35)23-24-18-20-26(37-7)21-19-24/h13-21,27-30,36H,10-12,22-23H2,1-9H3/t27-,28?,29?,30?,33?/m0/s1. The molecule has 41 heavy (non-hydrogen) atoms. The third-order valence-corrected chi connectivity index (χ3v) is 19.5. The second-order valence-corrected chi connectivity index (χ2v) is 23.0. The molecule has 1 saturated heterocycles. The van der Waals surface area contributed by atoms with Crippen LogP contribution in [0.4, 0.5) is 0 Å². The summed E-state index contributed by atoms with van der Waals surface area (Å²) in [6.07, 6.45) is -0.625. The summed E-state index contributed by atoms with van der Waals surface area (Å²) in [5.41, 5.74) is 0.375. The topological polar surface area (TPSA) is 68.2 Å². The van der Waals surface area contributed by atoms with E-state index in [1.165, 1.54) is 0 Å². The molecule has 1 heterocycles. The molecule has 2 bridgehead atoms. The Morgan fingerprint density at radius 2 is 1.54 bits per heavy atom. The third-order valence-electron chi connectivity index (χ3n) is 10.4. The van der Waals surface area contributed by atoms with Crippen LogP contribution in [0.5, 0.6) is 5.75 Å². The number of benzene rings is 2. The molecule has 5 atom stereocenters.